The van der Waals surface area contributed by atoms with E-state index in [1.54, 1.807) is 18.2 Å². The summed E-state index contributed by atoms with van der Waals surface area (Å²) in [5.74, 6) is 0.775. The first-order valence-electron chi connectivity index (χ1n) is 6.53. The van der Waals surface area contributed by atoms with Crippen molar-refractivity contribution in [2.24, 2.45) is 5.73 Å². The van der Waals surface area contributed by atoms with E-state index in [1.807, 2.05) is 18.2 Å². The topological polar surface area (TPSA) is 61.6 Å². The number of ether oxygens (including phenoxy) is 2. The van der Waals surface area contributed by atoms with E-state index in [4.69, 9.17) is 15.2 Å². The zero-order valence-electron chi connectivity index (χ0n) is 10.9. The average molecular weight is 269 g/mol. The van der Waals surface area contributed by atoms with E-state index < -0.39 is 5.91 Å². The molecule has 2 aromatic carbocycles. The van der Waals surface area contributed by atoms with Crippen molar-refractivity contribution in [1.82, 2.24) is 0 Å². The summed E-state index contributed by atoms with van der Waals surface area (Å²) < 4.78 is 11.4. The van der Waals surface area contributed by atoms with Gasteiger partial charge in [0, 0.05) is 12.0 Å². The molecule has 0 aromatic heterocycles. The Balaban J connectivity index is 1.64. The zero-order valence-corrected chi connectivity index (χ0v) is 10.9. The van der Waals surface area contributed by atoms with Gasteiger partial charge in [-0.25, -0.2) is 0 Å². The molecular weight excluding hydrogens is 254 g/mol. The smallest absolute Gasteiger partial charge is 0.248 e. The second kappa shape index (κ2) is 5.25. The lowest BCUT2D eigenvalue weighted by atomic mass is 10.1. The van der Waals surface area contributed by atoms with E-state index in [0.29, 0.717) is 17.1 Å². The van der Waals surface area contributed by atoms with Crippen LogP contribution in [0.15, 0.2) is 48.5 Å². The second-order valence-electron chi connectivity index (χ2n) is 4.72. The van der Waals surface area contributed by atoms with Crippen molar-refractivity contribution in [2.45, 2.75) is 19.1 Å². The van der Waals surface area contributed by atoms with E-state index in [9.17, 15) is 4.79 Å². The predicted octanol–water partition coefficient (Wildman–Crippen LogP) is 2.52. The molecule has 0 spiro atoms. The number of rotatable bonds is 4. The molecule has 0 radical (unpaired) electrons. The number of hydrogen-bond donors (Lipinski definition) is 1. The van der Waals surface area contributed by atoms with Crippen LogP contribution in [-0.4, -0.2) is 12.2 Å². The van der Waals surface area contributed by atoms with Crippen LogP contribution in [0.5, 0.6) is 11.5 Å². The fourth-order valence-corrected chi connectivity index (χ4v) is 2.21. The number of carbonyl (C=O) groups excluding carboxylic acids is 1. The van der Waals surface area contributed by atoms with E-state index in [-0.39, 0.29) is 6.29 Å². The Morgan fingerprint density at radius 3 is 2.55 bits per heavy atom. The SMILES string of the molecule is NC(=O)c1ccc2c(c1)OC(CCc1ccccc1)O2. The van der Waals surface area contributed by atoms with Crippen LogP contribution in [0.1, 0.15) is 22.3 Å². The zero-order chi connectivity index (χ0) is 13.9. The highest BCUT2D eigenvalue weighted by Gasteiger charge is 2.24. The van der Waals surface area contributed by atoms with Gasteiger partial charge in [-0.1, -0.05) is 30.3 Å². The van der Waals surface area contributed by atoms with Gasteiger partial charge in [-0.3, -0.25) is 4.79 Å². The maximum atomic E-state index is 11.1. The van der Waals surface area contributed by atoms with Gasteiger partial charge in [-0.05, 0) is 30.2 Å². The number of hydrogen-bond acceptors (Lipinski definition) is 3. The summed E-state index contributed by atoms with van der Waals surface area (Å²) in [6.45, 7) is 0. The molecule has 1 aliphatic rings. The Hall–Kier alpha value is -2.49. The summed E-state index contributed by atoms with van der Waals surface area (Å²) in [5, 5.41) is 0. The molecule has 4 heteroatoms. The summed E-state index contributed by atoms with van der Waals surface area (Å²) in [5.41, 5.74) is 6.91. The summed E-state index contributed by atoms with van der Waals surface area (Å²) in [6, 6.07) is 15.2. The molecule has 0 bridgehead atoms. The second-order valence-corrected chi connectivity index (χ2v) is 4.72. The Bertz CT molecular complexity index is 625. The van der Waals surface area contributed by atoms with Gasteiger partial charge in [-0.2, -0.15) is 0 Å². The summed E-state index contributed by atoms with van der Waals surface area (Å²) in [7, 11) is 0. The standard InChI is InChI=1S/C16H15NO3/c17-16(18)12-7-8-13-14(10-12)20-15(19-13)9-6-11-4-2-1-3-5-11/h1-5,7-8,10,15H,6,9H2,(H2,17,18). The molecule has 0 saturated heterocycles. The van der Waals surface area contributed by atoms with Crippen LogP contribution in [0.2, 0.25) is 0 Å². The highest BCUT2D eigenvalue weighted by molar-refractivity contribution is 5.93. The Kier molecular flexibility index (Phi) is 3.29. The maximum absolute atomic E-state index is 11.1. The third-order valence-corrected chi connectivity index (χ3v) is 3.26. The lowest BCUT2D eigenvalue weighted by molar-refractivity contribution is 0.0422. The number of amides is 1. The van der Waals surface area contributed by atoms with Gasteiger partial charge >= 0.3 is 0 Å². The van der Waals surface area contributed by atoms with E-state index in [1.165, 1.54) is 5.56 Å². The van der Waals surface area contributed by atoms with E-state index >= 15 is 0 Å². The molecule has 1 heterocycles. The fourth-order valence-electron chi connectivity index (χ4n) is 2.21. The monoisotopic (exact) mass is 269 g/mol. The van der Waals surface area contributed by atoms with E-state index in [0.717, 1.165) is 12.8 Å². The first-order valence-corrected chi connectivity index (χ1v) is 6.53. The van der Waals surface area contributed by atoms with Crippen LogP contribution >= 0.6 is 0 Å². The molecular formula is C16H15NO3. The number of carbonyl (C=O) groups is 1. The molecule has 2 N–H and O–H groups in total. The molecule has 1 aliphatic heterocycles. The number of fused-ring (bicyclic) bond motifs is 1. The van der Waals surface area contributed by atoms with Crippen molar-refractivity contribution in [2.75, 3.05) is 0 Å². The predicted molar refractivity (Wildman–Crippen MR) is 74.8 cm³/mol. The first-order chi connectivity index (χ1) is 9.72. The molecule has 2 aromatic rings. The highest BCUT2D eigenvalue weighted by atomic mass is 16.7. The van der Waals surface area contributed by atoms with Crippen LogP contribution in [0.4, 0.5) is 0 Å². The normalized spacial score (nSPS) is 16.1. The van der Waals surface area contributed by atoms with Crippen LogP contribution < -0.4 is 15.2 Å². The Labute approximate surface area is 117 Å². The van der Waals surface area contributed by atoms with Gasteiger partial charge in [0.2, 0.25) is 12.2 Å². The molecule has 0 fully saturated rings. The van der Waals surface area contributed by atoms with Crippen LogP contribution in [-0.2, 0) is 6.42 Å². The van der Waals surface area contributed by atoms with Gasteiger partial charge in [0.1, 0.15) is 0 Å². The Morgan fingerprint density at radius 2 is 1.80 bits per heavy atom. The van der Waals surface area contributed by atoms with Crippen molar-refractivity contribution in [3.63, 3.8) is 0 Å². The van der Waals surface area contributed by atoms with Gasteiger partial charge in [-0.15, -0.1) is 0 Å². The van der Waals surface area contributed by atoms with Gasteiger partial charge in [0.25, 0.3) is 0 Å². The van der Waals surface area contributed by atoms with Crippen molar-refractivity contribution in [3.8, 4) is 11.5 Å². The van der Waals surface area contributed by atoms with Crippen molar-refractivity contribution < 1.29 is 14.3 Å². The molecule has 20 heavy (non-hydrogen) atoms. The highest BCUT2D eigenvalue weighted by Crippen LogP contribution is 2.36. The molecule has 102 valence electrons. The molecule has 1 amide bonds. The van der Waals surface area contributed by atoms with Crippen molar-refractivity contribution >= 4 is 5.91 Å². The molecule has 3 rings (SSSR count). The largest absolute Gasteiger partial charge is 0.451 e. The third-order valence-electron chi connectivity index (χ3n) is 3.26. The molecule has 0 saturated carbocycles. The lowest BCUT2D eigenvalue weighted by Gasteiger charge is -2.09. The van der Waals surface area contributed by atoms with Gasteiger partial charge in [0.15, 0.2) is 11.5 Å². The Morgan fingerprint density at radius 1 is 1.05 bits per heavy atom. The fraction of sp³-hybridized carbons (Fsp3) is 0.188. The molecule has 4 nitrogen and oxygen atoms in total. The third kappa shape index (κ3) is 2.59. The van der Waals surface area contributed by atoms with Gasteiger partial charge < -0.3 is 15.2 Å². The first kappa shape index (κ1) is 12.5. The molecule has 1 unspecified atom stereocenters. The average Bonchev–Trinajstić information content (AvgIpc) is 2.88. The summed E-state index contributed by atoms with van der Waals surface area (Å²) in [6.07, 6.45) is 1.32. The number of aryl methyl sites for hydroxylation is 1. The van der Waals surface area contributed by atoms with E-state index in [2.05, 4.69) is 12.1 Å². The minimum Gasteiger partial charge on any atom is -0.451 e. The van der Waals surface area contributed by atoms with Crippen molar-refractivity contribution in [3.05, 3.63) is 59.7 Å². The van der Waals surface area contributed by atoms with Gasteiger partial charge in [0.05, 0.1) is 0 Å². The lowest BCUT2D eigenvalue weighted by Crippen LogP contribution is -2.18. The van der Waals surface area contributed by atoms with Crippen LogP contribution in [0.3, 0.4) is 0 Å². The molecule has 1 atom stereocenters. The summed E-state index contributed by atoms with van der Waals surface area (Å²) >= 11 is 0. The minimum atomic E-state index is -0.468. The maximum Gasteiger partial charge on any atom is 0.248 e. The molecule has 0 aliphatic carbocycles. The summed E-state index contributed by atoms with van der Waals surface area (Å²) in [4.78, 5) is 11.1. The quantitative estimate of drug-likeness (QED) is 0.927. The van der Waals surface area contributed by atoms with Crippen molar-refractivity contribution in [1.29, 1.82) is 0 Å². The minimum absolute atomic E-state index is 0.312. The van der Waals surface area contributed by atoms with Crippen LogP contribution in [0.25, 0.3) is 0 Å². The number of nitrogens with two attached hydrogens (primary N) is 1. The number of primary amides is 1. The number of benzene rings is 2. The van der Waals surface area contributed by atoms with Crippen LogP contribution in [0, 0.1) is 0 Å².